The number of rotatable bonds is 9. The summed E-state index contributed by atoms with van der Waals surface area (Å²) >= 11 is 0. The first-order valence-electron chi connectivity index (χ1n) is 21.3. The Hall–Kier alpha value is -6.40. The van der Waals surface area contributed by atoms with E-state index in [0.29, 0.717) is 34.0 Å². The van der Waals surface area contributed by atoms with E-state index in [-0.39, 0.29) is 42.0 Å². The van der Waals surface area contributed by atoms with Crippen LogP contribution in [0.15, 0.2) is 66.9 Å². The average Bonchev–Trinajstić information content (AvgIpc) is 3.52. The molecule has 1 aromatic heterocycles. The lowest BCUT2D eigenvalue weighted by molar-refractivity contribution is -0.136. The topological polar surface area (TPSA) is 168 Å². The van der Waals surface area contributed by atoms with Gasteiger partial charge < -0.3 is 19.9 Å². The van der Waals surface area contributed by atoms with Crippen molar-refractivity contribution in [2.75, 3.05) is 55.6 Å². The summed E-state index contributed by atoms with van der Waals surface area (Å²) in [5.74, 6) is -1.55. The zero-order valence-electron chi connectivity index (χ0n) is 33.8. The maximum atomic E-state index is 15.5. The summed E-state index contributed by atoms with van der Waals surface area (Å²) < 4.78 is 21.9. The minimum Gasteiger partial charge on any atom is -0.490 e. The second kappa shape index (κ2) is 16.9. The van der Waals surface area contributed by atoms with Gasteiger partial charge in [0.15, 0.2) is 0 Å². The van der Waals surface area contributed by atoms with E-state index in [0.717, 1.165) is 100 Å². The number of hydrogen-bond acceptors (Lipinski definition) is 11. The Labute approximate surface area is 352 Å². The first kappa shape index (κ1) is 40.0. The van der Waals surface area contributed by atoms with Gasteiger partial charge in [-0.25, -0.2) is 4.39 Å². The van der Waals surface area contributed by atoms with Crippen molar-refractivity contribution in [3.8, 4) is 11.8 Å². The summed E-state index contributed by atoms with van der Waals surface area (Å²) in [5.41, 5.74) is 3.35. The number of imide groups is 2. The summed E-state index contributed by atoms with van der Waals surface area (Å²) in [6.07, 6.45) is 6.68. The zero-order valence-corrected chi connectivity index (χ0v) is 33.8. The van der Waals surface area contributed by atoms with Gasteiger partial charge in [0, 0.05) is 81.1 Å². The van der Waals surface area contributed by atoms with Crippen molar-refractivity contribution in [3.05, 3.63) is 94.9 Å². The number of pyridine rings is 1. The fourth-order valence-electron chi connectivity index (χ4n) is 9.58. The van der Waals surface area contributed by atoms with E-state index >= 15 is 4.39 Å². The monoisotopic (exact) mass is 826 g/mol. The lowest BCUT2D eigenvalue weighted by Gasteiger charge is -2.40. The number of carbonyl (C=O) groups excluding carboxylic acids is 5. The Morgan fingerprint density at radius 2 is 1.62 bits per heavy atom. The smallest absolute Gasteiger partial charge is 0.262 e. The van der Waals surface area contributed by atoms with Gasteiger partial charge in [-0.2, -0.15) is 5.26 Å². The molecule has 2 N–H and O–H groups in total. The van der Waals surface area contributed by atoms with E-state index in [1.54, 1.807) is 36.5 Å². The Morgan fingerprint density at radius 3 is 2.36 bits per heavy atom. The number of aromatic nitrogens is 1. The maximum absolute atomic E-state index is 15.5. The number of carbonyl (C=O) groups is 5. The number of fused-ring (bicyclic) bond motifs is 2. The first-order chi connectivity index (χ1) is 29.6. The molecule has 314 valence electrons. The molecule has 0 radical (unpaired) electrons. The maximum Gasteiger partial charge on any atom is 0.262 e. The number of anilines is 2. The van der Waals surface area contributed by atoms with Crippen LogP contribution in [0.2, 0.25) is 0 Å². The summed E-state index contributed by atoms with van der Waals surface area (Å²) in [6.45, 7) is 5.59. The van der Waals surface area contributed by atoms with E-state index in [1.165, 1.54) is 6.07 Å². The molecule has 9 rings (SSSR count). The summed E-state index contributed by atoms with van der Waals surface area (Å²) in [6, 6.07) is 18.5. The van der Waals surface area contributed by atoms with Gasteiger partial charge in [0.05, 0.1) is 34.0 Å². The molecule has 3 saturated heterocycles. The highest BCUT2D eigenvalue weighted by Crippen LogP contribution is 2.34. The fraction of sp³-hybridized carbons (Fsp3) is 0.413. The quantitative estimate of drug-likeness (QED) is 0.223. The number of benzene rings is 3. The SMILES string of the molecule is N#Cc1ccc(O[C@H]2CC[C@H](NC(=O)c3ccc(N4CCC(CN5CCN(c6ccc7c(c6)C(=O)N(C6CCC(=O)NC6=O)C7=O)CC5)CC4)c(F)c3)CC2)c2cccnc12. The fourth-order valence-corrected chi connectivity index (χ4v) is 9.58. The largest absolute Gasteiger partial charge is 0.490 e. The van der Waals surface area contributed by atoms with Crippen molar-refractivity contribution in [3.63, 3.8) is 0 Å². The van der Waals surface area contributed by atoms with Crippen LogP contribution in [0.5, 0.6) is 5.75 Å². The number of halogens is 1. The third-order valence-electron chi connectivity index (χ3n) is 13.0. The van der Waals surface area contributed by atoms with Gasteiger partial charge in [-0.3, -0.25) is 44.1 Å². The highest BCUT2D eigenvalue weighted by molar-refractivity contribution is 6.23. The second-order valence-electron chi connectivity index (χ2n) is 16.7. The van der Waals surface area contributed by atoms with Gasteiger partial charge in [0.1, 0.15) is 23.7 Å². The van der Waals surface area contributed by atoms with Gasteiger partial charge in [-0.1, -0.05) is 0 Å². The minimum atomic E-state index is -0.991. The van der Waals surface area contributed by atoms with Crippen LogP contribution in [0.1, 0.15) is 88.0 Å². The van der Waals surface area contributed by atoms with Gasteiger partial charge in [-0.15, -0.1) is 0 Å². The molecule has 5 amide bonds. The predicted octanol–water partition coefficient (Wildman–Crippen LogP) is 4.81. The molecule has 1 saturated carbocycles. The van der Waals surface area contributed by atoms with Crippen LogP contribution in [-0.4, -0.2) is 108 Å². The molecule has 5 heterocycles. The number of amides is 5. The van der Waals surface area contributed by atoms with Crippen molar-refractivity contribution in [2.45, 2.75) is 69.6 Å². The summed E-state index contributed by atoms with van der Waals surface area (Å²) in [4.78, 5) is 75.8. The average molecular weight is 827 g/mol. The van der Waals surface area contributed by atoms with Crippen LogP contribution < -0.4 is 25.2 Å². The van der Waals surface area contributed by atoms with Crippen molar-refractivity contribution in [1.82, 2.24) is 25.4 Å². The molecule has 15 heteroatoms. The van der Waals surface area contributed by atoms with Crippen molar-refractivity contribution in [2.24, 2.45) is 5.92 Å². The van der Waals surface area contributed by atoms with Crippen LogP contribution in [0.3, 0.4) is 0 Å². The van der Waals surface area contributed by atoms with E-state index < -0.39 is 35.5 Å². The van der Waals surface area contributed by atoms with Gasteiger partial charge in [-0.05, 0) is 112 Å². The van der Waals surface area contributed by atoms with Crippen LogP contribution in [0, 0.1) is 23.1 Å². The summed E-state index contributed by atoms with van der Waals surface area (Å²) in [5, 5.41) is 15.6. The molecule has 61 heavy (non-hydrogen) atoms. The van der Waals surface area contributed by atoms with E-state index in [4.69, 9.17) is 4.74 Å². The lowest BCUT2D eigenvalue weighted by atomic mass is 9.92. The predicted molar refractivity (Wildman–Crippen MR) is 224 cm³/mol. The van der Waals surface area contributed by atoms with Gasteiger partial charge in [0.25, 0.3) is 17.7 Å². The number of nitriles is 1. The molecule has 4 fully saturated rings. The second-order valence-corrected chi connectivity index (χ2v) is 16.7. The molecular formula is C46H47FN8O6. The Morgan fingerprint density at radius 1 is 0.852 bits per heavy atom. The number of hydrogen-bond donors (Lipinski definition) is 2. The number of nitrogens with zero attached hydrogens (tertiary/aromatic N) is 6. The highest BCUT2D eigenvalue weighted by atomic mass is 19.1. The molecule has 0 bridgehead atoms. The van der Waals surface area contributed by atoms with Gasteiger partial charge >= 0.3 is 0 Å². The van der Waals surface area contributed by atoms with E-state index in [2.05, 4.69) is 36.4 Å². The molecule has 14 nitrogen and oxygen atoms in total. The standard InChI is InChI=1S/C46H47FN8O6/c47-37-24-29(43(57)50-31-5-8-33(9-6-31)61-40-13-4-30(26-48)42-35(40)2-1-17-49-42)3-11-38(37)54-18-15-28(16-19-54)27-52-20-22-53(23-21-52)32-7-10-34-36(25-32)46(60)55(45(34)59)39-12-14-41(56)51-44(39)58/h1-4,7,10-11,13,17,24-25,28,31,33,39H,5-6,8-9,12,14-16,18-23,27H2,(H,50,57)(H,51,56,58)/t31-,33-,39?. The zero-order chi connectivity index (χ0) is 42.2. The molecule has 0 spiro atoms. The Balaban J connectivity index is 0.714. The summed E-state index contributed by atoms with van der Waals surface area (Å²) in [7, 11) is 0. The normalized spacial score (nSPS) is 22.6. The highest BCUT2D eigenvalue weighted by Gasteiger charge is 2.45. The van der Waals surface area contributed by atoms with Crippen LogP contribution >= 0.6 is 0 Å². The van der Waals surface area contributed by atoms with Crippen molar-refractivity contribution < 1.29 is 33.1 Å². The lowest BCUT2D eigenvalue weighted by Crippen LogP contribution is -2.54. The molecule has 5 aliphatic rings. The molecule has 1 unspecified atom stereocenters. The molecule has 1 atom stereocenters. The van der Waals surface area contributed by atoms with E-state index in [1.807, 2.05) is 24.3 Å². The number of piperidine rings is 2. The molecule has 4 aliphatic heterocycles. The number of ether oxygens (including phenoxy) is 1. The van der Waals surface area contributed by atoms with Gasteiger partial charge in [0.2, 0.25) is 11.8 Å². The van der Waals surface area contributed by atoms with Crippen LogP contribution in [-0.2, 0) is 9.59 Å². The van der Waals surface area contributed by atoms with Crippen LogP contribution in [0.4, 0.5) is 15.8 Å². The molecule has 3 aromatic carbocycles. The molecule has 1 aliphatic carbocycles. The third-order valence-corrected chi connectivity index (χ3v) is 13.0. The Bertz CT molecular complexity index is 2450. The molecular weight excluding hydrogens is 780 g/mol. The first-order valence-corrected chi connectivity index (χ1v) is 21.3. The van der Waals surface area contributed by atoms with Crippen molar-refractivity contribution in [1.29, 1.82) is 5.26 Å². The number of piperazine rings is 1. The minimum absolute atomic E-state index is 0.0234. The van der Waals surface area contributed by atoms with Crippen LogP contribution in [0.25, 0.3) is 10.9 Å². The van der Waals surface area contributed by atoms with E-state index in [9.17, 15) is 29.2 Å². The van der Waals surface area contributed by atoms with Crippen molar-refractivity contribution >= 4 is 51.8 Å². The number of nitrogens with one attached hydrogen (secondary N) is 2. The molecule has 4 aromatic rings. The Kier molecular flexibility index (Phi) is 11.1. The third kappa shape index (κ3) is 8.12.